The van der Waals surface area contributed by atoms with Gasteiger partial charge in [0.2, 0.25) is 5.91 Å². The van der Waals surface area contributed by atoms with Gasteiger partial charge in [0, 0.05) is 25.9 Å². The Morgan fingerprint density at radius 1 is 1.15 bits per heavy atom. The van der Waals surface area contributed by atoms with E-state index in [9.17, 15) is 14.4 Å². The van der Waals surface area contributed by atoms with Gasteiger partial charge in [0.15, 0.2) is 0 Å². The van der Waals surface area contributed by atoms with E-state index in [1.54, 1.807) is 6.08 Å². The second kappa shape index (κ2) is 10.8. The molecule has 0 saturated carbocycles. The highest BCUT2D eigenvalue weighted by molar-refractivity contribution is 8.26. The zero-order chi connectivity index (χ0) is 19.6. The first kappa shape index (κ1) is 21.1. The Morgan fingerprint density at radius 2 is 1.89 bits per heavy atom. The van der Waals surface area contributed by atoms with Crippen molar-refractivity contribution in [1.82, 2.24) is 10.2 Å². The lowest BCUT2D eigenvalue weighted by Crippen LogP contribution is -2.33. The number of rotatable bonds is 10. The van der Waals surface area contributed by atoms with Crippen molar-refractivity contribution in [3.05, 3.63) is 40.8 Å². The molecule has 0 atom stereocenters. The molecule has 6 nitrogen and oxygen atoms in total. The van der Waals surface area contributed by atoms with E-state index in [-0.39, 0.29) is 31.2 Å². The Morgan fingerprint density at radius 3 is 2.59 bits per heavy atom. The number of nitrogens with zero attached hydrogens (tertiary/aromatic N) is 1. The molecule has 144 valence electrons. The number of unbranched alkanes of at least 4 members (excludes halogenated alkanes) is 2. The highest BCUT2D eigenvalue weighted by Gasteiger charge is 2.31. The molecule has 2 amide bonds. The standard InChI is InChI=1S/C19H22N2O4S2/c22-16(20-11-6-2-5-9-17(23)24)10-12-21-18(25)15(27-19(21)26)13-14-7-3-1-4-8-14/h1,3-4,7-8,13H,2,5-6,9-12H2,(H,20,22)(H,23,24)/b15-13+. The molecule has 1 aliphatic heterocycles. The molecule has 1 heterocycles. The third-order valence-electron chi connectivity index (χ3n) is 3.92. The molecule has 1 aromatic rings. The normalized spacial score (nSPS) is 15.4. The van der Waals surface area contributed by atoms with E-state index in [0.29, 0.717) is 22.2 Å². The van der Waals surface area contributed by atoms with Gasteiger partial charge in [-0.05, 0) is 24.5 Å². The maximum atomic E-state index is 12.5. The first-order valence-corrected chi connectivity index (χ1v) is 9.99. The lowest BCUT2D eigenvalue weighted by molar-refractivity contribution is -0.137. The van der Waals surface area contributed by atoms with Gasteiger partial charge in [0.25, 0.3) is 5.91 Å². The monoisotopic (exact) mass is 406 g/mol. The minimum atomic E-state index is -0.802. The molecule has 1 fully saturated rings. The topological polar surface area (TPSA) is 86.7 Å². The summed E-state index contributed by atoms with van der Waals surface area (Å²) in [7, 11) is 0. The smallest absolute Gasteiger partial charge is 0.303 e. The van der Waals surface area contributed by atoms with Crippen molar-refractivity contribution in [3.8, 4) is 0 Å². The summed E-state index contributed by atoms with van der Waals surface area (Å²) in [4.78, 5) is 36.8. The highest BCUT2D eigenvalue weighted by Crippen LogP contribution is 2.32. The number of hydrogen-bond donors (Lipinski definition) is 2. The molecule has 0 bridgehead atoms. The number of carboxylic acid groups (broad SMARTS) is 1. The fourth-order valence-corrected chi connectivity index (χ4v) is 3.81. The number of thioether (sulfide) groups is 1. The van der Waals surface area contributed by atoms with Crippen molar-refractivity contribution in [2.45, 2.75) is 32.1 Å². The lowest BCUT2D eigenvalue weighted by Gasteiger charge is -2.14. The molecular weight excluding hydrogens is 384 g/mol. The third-order valence-corrected chi connectivity index (χ3v) is 5.30. The molecule has 0 aromatic heterocycles. The van der Waals surface area contributed by atoms with Crippen LogP contribution in [0, 0.1) is 0 Å². The summed E-state index contributed by atoms with van der Waals surface area (Å²) in [6.07, 6.45) is 4.23. The van der Waals surface area contributed by atoms with Crippen LogP contribution in [-0.4, -0.2) is 45.2 Å². The molecule has 27 heavy (non-hydrogen) atoms. The fourth-order valence-electron chi connectivity index (χ4n) is 2.50. The van der Waals surface area contributed by atoms with Crippen molar-refractivity contribution in [2.24, 2.45) is 0 Å². The van der Waals surface area contributed by atoms with Crippen LogP contribution in [-0.2, 0) is 14.4 Å². The van der Waals surface area contributed by atoms with Crippen molar-refractivity contribution < 1.29 is 19.5 Å². The van der Waals surface area contributed by atoms with Crippen LogP contribution in [0.25, 0.3) is 6.08 Å². The molecule has 2 rings (SSSR count). The Balaban J connectivity index is 1.73. The predicted molar refractivity (Wildman–Crippen MR) is 110 cm³/mol. The van der Waals surface area contributed by atoms with Gasteiger partial charge in [0.05, 0.1) is 4.91 Å². The molecule has 1 aliphatic rings. The molecular formula is C19H22N2O4S2. The molecule has 2 N–H and O–H groups in total. The molecule has 0 radical (unpaired) electrons. The van der Waals surface area contributed by atoms with Gasteiger partial charge >= 0.3 is 5.97 Å². The average Bonchev–Trinajstić information content (AvgIpc) is 2.90. The molecule has 0 unspecified atom stereocenters. The van der Waals surface area contributed by atoms with Crippen LogP contribution in [0.5, 0.6) is 0 Å². The average molecular weight is 407 g/mol. The Kier molecular flexibility index (Phi) is 8.47. The minimum absolute atomic E-state index is 0.144. The fraction of sp³-hybridized carbons (Fsp3) is 0.368. The van der Waals surface area contributed by atoms with Gasteiger partial charge in [-0.2, -0.15) is 0 Å². The molecule has 8 heteroatoms. The number of carboxylic acids is 1. The first-order chi connectivity index (χ1) is 13.0. The van der Waals surface area contributed by atoms with Gasteiger partial charge in [-0.1, -0.05) is 60.7 Å². The van der Waals surface area contributed by atoms with Crippen LogP contribution < -0.4 is 5.32 Å². The highest BCUT2D eigenvalue weighted by atomic mass is 32.2. The Bertz CT molecular complexity index is 734. The zero-order valence-electron chi connectivity index (χ0n) is 14.8. The quantitative estimate of drug-likeness (QED) is 0.353. The summed E-state index contributed by atoms with van der Waals surface area (Å²) in [5.41, 5.74) is 0.929. The molecule has 0 aliphatic carbocycles. The molecule has 1 saturated heterocycles. The van der Waals surface area contributed by atoms with Crippen molar-refractivity contribution in [1.29, 1.82) is 0 Å². The summed E-state index contributed by atoms with van der Waals surface area (Å²) < 4.78 is 0.462. The first-order valence-electron chi connectivity index (χ1n) is 8.76. The van der Waals surface area contributed by atoms with E-state index in [1.165, 1.54) is 16.7 Å². The van der Waals surface area contributed by atoms with Crippen LogP contribution in [0.15, 0.2) is 35.2 Å². The third kappa shape index (κ3) is 7.15. The number of benzene rings is 1. The van der Waals surface area contributed by atoms with Crippen molar-refractivity contribution >= 4 is 52.2 Å². The largest absolute Gasteiger partial charge is 0.481 e. The number of thiocarbonyl (C=S) groups is 1. The Hall–Kier alpha value is -2.19. The van der Waals surface area contributed by atoms with Crippen LogP contribution >= 0.6 is 24.0 Å². The predicted octanol–water partition coefficient (Wildman–Crippen LogP) is 3.04. The van der Waals surface area contributed by atoms with Crippen LogP contribution in [0.3, 0.4) is 0 Å². The van der Waals surface area contributed by atoms with Crippen molar-refractivity contribution in [3.63, 3.8) is 0 Å². The second-order valence-corrected chi connectivity index (χ2v) is 7.72. The molecule has 1 aromatic carbocycles. The lowest BCUT2D eigenvalue weighted by atomic mass is 10.2. The SMILES string of the molecule is O=C(O)CCCCCNC(=O)CCN1C(=O)/C(=C\c2ccccc2)SC1=S. The number of carbonyl (C=O) groups is 3. The van der Waals surface area contributed by atoms with Crippen LogP contribution in [0.4, 0.5) is 0 Å². The van der Waals surface area contributed by atoms with E-state index >= 15 is 0 Å². The van der Waals surface area contributed by atoms with Crippen LogP contribution in [0.1, 0.15) is 37.7 Å². The van der Waals surface area contributed by atoms with Gasteiger partial charge in [-0.3, -0.25) is 19.3 Å². The van der Waals surface area contributed by atoms with E-state index in [0.717, 1.165) is 18.4 Å². The Labute approximate surface area is 168 Å². The van der Waals surface area contributed by atoms with E-state index in [1.807, 2.05) is 30.3 Å². The zero-order valence-corrected chi connectivity index (χ0v) is 16.5. The molecule has 0 spiro atoms. The van der Waals surface area contributed by atoms with Gasteiger partial charge in [0.1, 0.15) is 4.32 Å². The van der Waals surface area contributed by atoms with E-state index in [2.05, 4.69) is 5.32 Å². The second-order valence-electron chi connectivity index (χ2n) is 6.05. The summed E-state index contributed by atoms with van der Waals surface area (Å²) in [5, 5.41) is 11.3. The minimum Gasteiger partial charge on any atom is -0.481 e. The van der Waals surface area contributed by atoms with Crippen molar-refractivity contribution in [2.75, 3.05) is 13.1 Å². The summed E-state index contributed by atoms with van der Waals surface area (Å²) in [6.45, 7) is 0.756. The van der Waals surface area contributed by atoms with Gasteiger partial charge in [-0.25, -0.2) is 0 Å². The number of hydrogen-bond acceptors (Lipinski definition) is 5. The number of carbonyl (C=O) groups excluding carboxylic acids is 2. The van der Waals surface area contributed by atoms with Gasteiger partial charge in [-0.15, -0.1) is 0 Å². The number of amides is 2. The van der Waals surface area contributed by atoms with E-state index in [4.69, 9.17) is 17.3 Å². The number of nitrogens with one attached hydrogen (secondary N) is 1. The maximum Gasteiger partial charge on any atom is 0.303 e. The van der Waals surface area contributed by atoms with Crippen LogP contribution in [0.2, 0.25) is 0 Å². The maximum absolute atomic E-state index is 12.5. The summed E-state index contributed by atoms with van der Waals surface area (Å²) in [6, 6.07) is 9.54. The van der Waals surface area contributed by atoms with Gasteiger partial charge < -0.3 is 10.4 Å². The number of aliphatic carboxylic acids is 1. The van der Waals surface area contributed by atoms with E-state index < -0.39 is 5.97 Å². The summed E-state index contributed by atoms with van der Waals surface area (Å²) >= 11 is 6.51. The summed E-state index contributed by atoms with van der Waals surface area (Å²) in [5.74, 6) is -1.12.